The number of halogens is 1. The number of hydrogen-bond acceptors (Lipinski definition) is 6. The van der Waals surface area contributed by atoms with E-state index in [0.29, 0.717) is 34.9 Å². The number of aliphatic hydroxyl groups is 1. The minimum Gasteiger partial charge on any atom is -0.503 e. The minimum absolute atomic E-state index is 0.0264. The highest BCUT2D eigenvalue weighted by molar-refractivity contribution is 9.10. The molecule has 1 amide bonds. The molecule has 0 radical (unpaired) electrons. The summed E-state index contributed by atoms with van der Waals surface area (Å²) in [5, 5.41) is 11.9. The molecule has 3 aromatic carbocycles. The van der Waals surface area contributed by atoms with Gasteiger partial charge >= 0.3 is 0 Å². The van der Waals surface area contributed by atoms with Crippen molar-refractivity contribution in [2.24, 2.45) is 0 Å². The van der Waals surface area contributed by atoms with Gasteiger partial charge in [0.15, 0.2) is 23.0 Å². The number of nitrogens with zero attached hydrogens (tertiary/aromatic N) is 1. The third-order valence-corrected chi connectivity index (χ3v) is 7.06. The molecule has 7 nitrogen and oxygen atoms in total. The monoisotopic (exact) mass is 575 g/mol. The molecule has 0 saturated carbocycles. The van der Waals surface area contributed by atoms with Crippen molar-refractivity contribution < 1.29 is 28.6 Å². The molecule has 1 aliphatic rings. The van der Waals surface area contributed by atoms with E-state index in [4.69, 9.17) is 13.9 Å². The van der Waals surface area contributed by atoms with Crippen LogP contribution in [0.25, 0.3) is 11.0 Å². The van der Waals surface area contributed by atoms with Gasteiger partial charge in [0.2, 0.25) is 5.78 Å². The van der Waals surface area contributed by atoms with Crippen LogP contribution in [0.15, 0.2) is 80.9 Å². The van der Waals surface area contributed by atoms with E-state index in [1.807, 2.05) is 51.1 Å². The molecule has 1 unspecified atom stereocenters. The zero-order valence-corrected chi connectivity index (χ0v) is 23.0. The molecule has 0 saturated heterocycles. The third-order valence-electron chi connectivity index (χ3n) is 6.57. The quantitative estimate of drug-likeness (QED) is 0.238. The van der Waals surface area contributed by atoms with Crippen LogP contribution in [0.3, 0.4) is 0 Å². The molecule has 4 aromatic rings. The number of aryl methyl sites for hydroxylation is 2. The van der Waals surface area contributed by atoms with E-state index in [0.717, 1.165) is 21.0 Å². The number of rotatable bonds is 7. The Balaban J connectivity index is 1.69. The average Bonchev–Trinajstić information content (AvgIpc) is 3.42. The number of methoxy groups -OCH3 is 1. The Bertz CT molecular complexity index is 1620. The molecular formula is C30H26BrNO6. The van der Waals surface area contributed by atoms with Crippen molar-refractivity contribution in [3.8, 4) is 11.5 Å². The Morgan fingerprint density at radius 1 is 1.05 bits per heavy atom. The SMILES string of the molecule is CCOc1cc(C2C(C(=O)c3cc4cc(Br)ccc4o3)=C(O)C(=O)N2c2ccc(C)cc2C)ccc1OC. The van der Waals surface area contributed by atoms with Gasteiger partial charge in [0, 0.05) is 15.5 Å². The van der Waals surface area contributed by atoms with Gasteiger partial charge in [-0.1, -0.05) is 39.7 Å². The molecule has 0 bridgehead atoms. The second kappa shape index (κ2) is 10.0. The van der Waals surface area contributed by atoms with Gasteiger partial charge in [0.05, 0.1) is 25.3 Å². The Kier molecular flexibility index (Phi) is 6.75. The second-order valence-corrected chi connectivity index (χ2v) is 10.0. The van der Waals surface area contributed by atoms with Crippen LogP contribution in [0.4, 0.5) is 5.69 Å². The number of fused-ring (bicyclic) bond motifs is 1. The number of carbonyl (C=O) groups excluding carboxylic acids is 2. The highest BCUT2D eigenvalue weighted by Gasteiger charge is 2.46. The second-order valence-electron chi connectivity index (χ2n) is 9.10. The molecular weight excluding hydrogens is 550 g/mol. The van der Waals surface area contributed by atoms with Crippen molar-refractivity contribution in [1.29, 1.82) is 0 Å². The third kappa shape index (κ3) is 4.35. The lowest BCUT2D eigenvalue weighted by Crippen LogP contribution is -2.31. The molecule has 1 aliphatic heterocycles. The van der Waals surface area contributed by atoms with Crippen molar-refractivity contribution in [1.82, 2.24) is 0 Å². The number of anilines is 1. The molecule has 8 heteroatoms. The fraction of sp³-hybridized carbons (Fsp3) is 0.200. The van der Waals surface area contributed by atoms with Gasteiger partial charge in [0.1, 0.15) is 5.58 Å². The smallest absolute Gasteiger partial charge is 0.294 e. The molecule has 194 valence electrons. The van der Waals surface area contributed by atoms with Crippen LogP contribution in [0.1, 0.15) is 40.2 Å². The number of ether oxygens (including phenoxy) is 2. The Morgan fingerprint density at radius 2 is 1.84 bits per heavy atom. The van der Waals surface area contributed by atoms with Crippen molar-refractivity contribution in [2.45, 2.75) is 26.8 Å². The summed E-state index contributed by atoms with van der Waals surface area (Å²) in [6.07, 6.45) is 0. The van der Waals surface area contributed by atoms with E-state index in [1.54, 1.807) is 37.4 Å². The molecule has 1 aromatic heterocycles. The van der Waals surface area contributed by atoms with Crippen molar-refractivity contribution >= 4 is 44.3 Å². The molecule has 1 N–H and O–H groups in total. The molecule has 2 heterocycles. The van der Waals surface area contributed by atoms with Gasteiger partial charge in [-0.2, -0.15) is 0 Å². The Hall–Kier alpha value is -4.04. The highest BCUT2D eigenvalue weighted by Crippen LogP contribution is 2.45. The zero-order valence-electron chi connectivity index (χ0n) is 21.4. The summed E-state index contributed by atoms with van der Waals surface area (Å²) in [7, 11) is 1.54. The molecule has 38 heavy (non-hydrogen) atoms. The lowest BCUT2D eigenvalue weighted by atomic mass is 9.94. The Labute approximate surface area is 228 Å². The van der Waals surface area contributed by atoms with E-state index in [2.05, 4.69) is 15.9 Å². The number of amides is 1. The van der Waals surface area contributed by atoms with Crippen LogP contribution in [0.5, 0.6) is 11.5 Å². The van der Waals surface area contributed by atoms with E-state index in [9.17, 15) is 14.7 Å². The van der Waals surface area contributed by atoms with Gasteiger partial charge < -0.3 is 19.0 Å². The van der Waals surface area contributed by atoms with Crippen molar-refractivity contribution in [3.05, 3.63) is 98.9 Å². The van der Waals surface area contributed by atoms with Crippen LogP contribution in [-0.2, 0) is 4.79 Å². The van der Waals surface area contributed by atoms with Crippen LogP contribution >= 0.6 is 15.9 Å². The van der Waals surface area contributed by atoms with Crippen molar-refractivity contribution in [3.63, 3.8) is 0 Å². The topological polar surface area (TPSA) is 89.2 Å². The number of benzene rings is 3. The van der Waals surface area contributed by atoms with Gasteiger partial charge in [0.25, 0.3) is 5.91 Å². The van der Waals surface area contributed by atoms with Gasteiger partial charge in [-0.25, -0.2) is 0 Å². The largest absolute Gasteiger partial charge is 0.503 e. The van der Waals surface area contributed by atoms with Gasteiger partial charge in [-0.15, -0.1) is 0 Å². The predicted molar refractivity (Wildman–Crippen MR) is 148 cm³/mol. The predicted octanol–water partition coefficient (Wildman–Crippen LogP) is 7.00. The lowest BCUT2D eigenvalue weighted by molar-refractivity contribution is -0.117. The lowest BCUT2D eigenvalue weighted by Gasteiger charge is -2.28. The summed E-state index contributed by atoms with van der Waals surface area (Å²) in [6, 6.07) is 17.0. The van der Waals surface area contributed by atoms with Gasteiger partial charge in [-0.3, -0.25) is 14.5 Å². The van der Waals surface area contributed by atoms with Gasteiger partial charge in [-0.05, 0) is 74.4 Å². The summed E-state index contributed by atoms with van der Waals surface area (Å²) in [5.74, 6) is -0.852. The Morgan fingerprint density at radius 3 is 2.55 bits per heavy atom. The molecule has 0 fully saturated rings. The first kappa shape index (κ1) is 25.6. The van der Waals surface area contributed by atoms with Crippen LogP contribution < -0.4 is 14.4 Å². The summed E-state index contributed by atoms with van der Waals surface area (Å²) in [5.41, 5.74) is 3.47. The highest BCUT2D eigenvalue weighted by atomic mass is 79.9. The van der Waals surface area contributed by atoms with Crippen LogP contribution in [-0.4, -0.2) is 30.5 Å². The zero-order chi connectivity index (χ0) is 27.1. The minimum atomic E-state index is -0.929. The molecule has 1 atom stereocenters. The summed E-state index contributed by atoms with van der Waals surface area (Å²) in [6.45, 7) is 6.10. The number of carbonyl (C=O) groups is 2. The number of hydrogen-bond donors (Lipinski definition) is 1. The number of ketones is 1. The fourth-order valence-corrected chi connectivity index (χ4v) is 5.25. The maximum Gasteiger partial charge on any atom is 0.294 e. The number of Topliss-reactive ketones (excluding diaryl/α,β-unsaturated/α-hetero) is 1. The maximum atomic E-state index is 13.9. The van der Waals surface area contributed by atoms with E-state index in [1.165, 1.54) is 4.90 Å². The van der Waals surface area contributed by atoms with E-state index in [-0.39, 0.29) is 11.3 Å². The van der Waals surface area contributed by atoms with Crippen LogP contribution in [0, 0.1) is 13.8 Å². The van der Waals surface area contributed by atoms with Crippen molar-refractivity contribution in [2.75, 3.05) is 18.6 Å². The average molecular weight is 576 g/mol. The maximum absolute atomic E-state index is 13.9. The first-order valence-corrected chi connectivity index (χ1v) is 12.9. The number of furan rings is 1. The van der Waals surface area contributed by atoms with E-state index >= 15 is 0 Å². The molecule has 0 aliphatic carbocycles. The van der Waals surface area contributed by atoms with E-state index < -0.39 is 23.5 Å². The first-order valence-electron chi connectivity index (χ1n) is 12.1. The van der Waals surface area contributed by atoms with Crippen LogP contribution in [0.2, 0.25) is 0 Å². The molecule has 0 spiro atoms. The fourth-order valence-electron chi connectivity index (χ4n) is 4.87. The molecule has 5 rings (SSSR count). The summed E-state index contributed by atoms with van der Waals surface area (Å²) < 4.78 is 17.9. The summed E-state index contributed by atoms with van der Waals surface area (Å²) >= 11 is 3.43. The standard InChI is InChI=1S/C30H26BrNO6/c1-5-37-24-14-18(7-10-23(24)36-4)27-26(28(33)25-15-19-13-20(31)8-11-22(19)38-25)29(34)30(35)32(27)21-9-6-16(2)12-17(21)3/h6-15,27,34H,5H2,1-4H3. The first-order chi connectivity index (χ1) is 18.2. The summed E-state index contributed by atoms with van der Waals surface area (Å²) in [4.78, 5) is 29.0. The number of aliphatic hydroxyl groups excluding tert-OH is 1. The normalized spacial score (nSPS) is 15.4.